The summed E-state index contributed by atoms with van der Waals surface area (Å²) >= 11 is 12.4. The third-order valence-electron chi connectivity index (χ3n) is 3.32. The summed E-state index contributed by atoms with van der Waals surface area (Å²) in [5.41, 5.74) is 3.43. The first-order valence-corrected chi connectivity index (χ1v) is 7.20. The van der Waals surface area contributed by atoms with Crippen LogP contribution in [0.15, 0.2) is 42.7 Å². The molecule has 21 heavy (non-hydrogen) atoms. The standard InChI is InChI=1S/C16H13Cl2N3/c1-21(2)13-7-9-20-15-10(13)6-8-19-16(15)11-4-3-5-12(17)14(11)18/h3-9H,1-2H3. The van der Waals surface area contributed by atoms with E-state index in [0.29, 0.717) is 10.0 Å². The fraction of sp³-hybridized carbons (Fsp3) is 0.125. The predicted molar refractivity (Wildman–Crippen MR) is 89.3 cm³/mol. The molecule has 3 nitrogen and oxygen atoms in total. The van der Waals surface area contributed by atoms with Crippen LogP contribution >= 0.6 is 23.2 Å². The Balaban J connectivity index is 2.34. The van der Waals surface area contributed by atoms with Crippen molar-refractivity contribution in [1.82, 2.24) is 9.97 Å². The number of benzene rings is 1. The minimum Gasteiger partial charge on any atom is -0.377 e. The summed E-state index contributed by atoms with van der Waals surface area (Å²) in [6, 6.07) is 9.46. The van der Waals surface area contributed by atoms with Gasteiger partial charge in [0.1, 0.15) is 0 Å². The van der Waals surface area contributed by atoms with Gasteiger partial charge in [-0.3, -0.25) is 9.97 Å². The number of anilines is 1. The van der Waals surface area contributed by atoms with Gasteiger partial charge in [0, 0.05) is 43.1 Å². The molecule has 0 unspecified atom stereocenters. The van der Waals surface area contributed by atoms with E-state index in [-0.39, 0.29) is 0 Å². The lowest BCUT2D eigenvalue weighted by Gasteiger charge is -2.16. The number of pyridine rings is 2. The maximum atomic E-state index is 6.32. The summed E-state index contributed by atoms with van der Waals surface area (Å²) in [5, 5.41) is 2.04. The summed E-state index contributed by atoms with van der Waals surface area (Å²) in [4.78, 5) is 11.0. The van der Waals surface area contributed by atoms with Crippen molar-refractivity contribution >= 4 is 39.8 Å². The van der Waals surface area contributed by atoms with E-state index in [1.807, 2.05) is 43.3 Å². The van der Waals surface area contributed by atoms with Crippen LogP contribution in [-0.2, 0) is 0 Å². The number of rotatable bonds is 2. The van der Waals surface area contributed by atoms with Crippen molar-refractivity contribution in [1.29, 1.82) is 0 Å². The van der Waals surface area contributed by atoms with Crippen LogP contribution in [0.3, 0.4) is 0 Å². The second kappa shape index (κ2) is 5.51. The molecule has 0 aliphatic rings. The van der Waals surface area contributed by atoms with Crippen molar-refractivity contribution < 1.29 is 0 Å². The Labute approximate surface area is 133 Å². The van der Waals surface area contributed by atoms with Gasteiger partial charge in [0.05, 0.1) is 21.3 Å². The molecule has 0 aliphatic carbocycles. The highest BCUT2D eigenvalue weighted by Gasteiger charge is 2.14. The third-order valence-corrected chi connectivity index (χ3v) is 4.14. The van der Waals surface area contributed by atoms with Crippen LogP contribution in [0, 0.1) is 0 Å². The first-order valence-electron chi connectivity index (χ1n) is 6.45. The molecule has 5 heteroatoms. The molecule has 0 amide bonds. The number of aromatic nitrogens is 2. The molecular weight excluding hydrogens is 305 g/mol. The van der Waals surface area contributed by atoms with E-state index in [2.05, 4.69) is 9.97 Å². The number of fused-ring (bicyclic) bond motifs is 1. The highest BCUT2D eigenvalue weighted by Crippen LogP contribution is 2.36. The zero-order chi connectivity index (χ0) is 15.0. The molecule has 0 atom stereocenters. The molecule has 0 bridgehead atoms. The van der Waals surface area contributed by atoms with Gasteiger partial charge in [0.15, 0.2) is 0 Å². The fourth-order valence-corrected chi connectivity index (χ4v) is 2.73. The quantitative estimate of drug-likeness (QED) is 0.687. The average molecular weight is 318 g/mol. The van der Waals surface area contributed by atoms with Crippen molar-refractivity contribution in [2.24, 2.45) is 0 Å². The van der Waals surface area contributed by atoms with E-state index in [0.717, 1.165) is 27.8 Å². The Morgan fingerprint density at radius 2 is 1.71 bits per heavy atom. The summed E-state index contributed by atoms with van der Waals surface area (Å²) in [6.45, 7) is 0. The molecule has 1 aromatic carbocycles. The Kier molecular flexibility index (Phi) is 3.70. The molecule has 3 rings (SSSR count). The summed E-state index contributed by atoms with van der Waals surface area (Å²) in [6.07, 6.45) is 3.55. The lowest BCUT2D eigenvalue weighted by Crippen LogP contribution is -2.09. The van der Waals surface area contributed by atoms with Crippen molar-refractivity contribution in [2.75, 3.05) is 19.0 Å². The minimum absolute atomic E-state index is 0.497. The van der Waals surface area contributed by atoms with Crippen LogP contribution in [0.2, 0.25) is 10.0 Å². The van der Waals surface area contributed by atoms with Gasteiger partial charge in [-0.1, -0.05) is 35.3 Å². The topological polar surface area (TPSA) is 29.0 Å². The van der Waals surface area contributed by atoms with Crippen LogP contribution in [0.25, 0.3) is 22.2 Å². The first kappa shape index (κ1) is 14.1. The van der Waals surface area contributed by atoms with E-state index in [9.17, 15) is 0 Å². The Morgan fingerprint density at radius 3 is 2.48 bits per heavy atom. The van der Waals surface area contributed by atoms with Gasteiger partial charge in [-0.15, -0.1) is 0 Å². The Morgan fingerprint density at radius 1 is 0.952 bits per heavy atom. The van der Waals surface area contributed by atoms with Gasteiger partial charge >= 0.3 is 0 Å². The number of hydrogen-bond donors (Lipinski definition) is 0. The van der Waals surface area contributed by atoms with Crippen LogP contribution in [0.1, 0.15) is 0 Å². The van der Waals surface area contributed by atoms with E-state index in [1.54, 1.807) is 18.5 Å². The molecule has 2 heterocycles. The zero-order valence-corrected chi connectivity index (χ0v) is 13.2. The first-order chi connectivity index (χ1) is 10.1. The Hall–Kier alpha value is -1.84. The summed E-state index contributed by atoms with van der Waals surface area (Å²) in [5.74, 6) is 0. The average Bonchev–Trinajstić information content (AvgIpc) is 2.49. The van der Waals surface area contributed by atoms with Gasteiger partial charge in [-0.25, -0.2) is 0 Å². The second-order valence-electron chi connectivity index (χ2n) is 4.88. The molecular formula is C16H13Cl2N3. The van der Waals surface area contributed by atoms with E-state index >= 15 is 0 Å². The molecule has 3 aromatic rings. The predicted octanol–water partition coefficient (Wildman–Crippen LogP) is 4.67. The van der Waals surface area contributed by atoms with E-state index in [1.165, 1.54) is 0 Å². The zero-order valence-electron chi connectivity index (χ0n) is 11.6. The van der Waals surface area contributed by atoms with Gasteiger partial charge < -0.3 is 4.90 Å². The van der Waals surface area contributed by atoms with Gasteiger partial charge in [0.25, 0.3) is 0 Å². The van der Waals surface area contributed by atoms with Crippen LogP contribution in [-0.4, -0.2) is 24.1 Å². The van der Waals surface area contributed by atoms with Crippen LogP contribution in [0.4, 0.5) is 5.69 Å². The normalized spacial score (nSPS) is 10.9. The van der Waals surface area contributed by atoms with Crippen molar-refractivity contribution in [3.8, 4) is 11.3 Å². The van der Waals surface area contributed by atoms with Crippen molar-refractivity contribution in [3.05, 3.63) is 52.8 Å². The number of nitrogens with zero attached hydrogens (tertiary/aromatic N) is 3. The van der Waals surface area contributed by atoms with Crippen molar-refractivity contribution in [2.45, 2.75) is 0 Å². The number of hydrogen-bond acceptors (Lipinski definition) is 3. The van der Waals surface area contributed by atoms with Gasteiger partial charge in [-0.05, 0) is 18.2 Å². The maximum absolute atomic E-state index is 6.32. The number of halogens is 2. The highest BCUT2D eigenvalue weighted by atomic mass is 35.5. The monoisotopic (exact) mass is 317 g/mol. The largest absolute Gasteiger partial charge is 0.377 e. The molecule has 2 aromatic heterocycles. The molecule has 0 N–H and O–H groups in total. The Bertz CT molecular complexity index is 816. The smallest absolute Gasteiger partial charge is 0.0986 e. The lowest BCUT2D eigenvalue weighted by molar-refractivity contribution is 1.13. The van der Waals surface area contributed by atoms with Crippen LogP contribution < -0.4 is 4.90 Å². The molecule has 0 radical (unpaired) electrons. The SMILES string of the molecule is CN(C)c1ccnc2c(-c3cccc(Cl)c3Cl)nccc12. The summed E-state index contributed by atoms with van der Waals surface area (Å²) in [7, 11) is 4.00. The van der Waals surface area contributed by atoms with Gasteiger partial charge in [-0.2, -0.15) is 0 Å². The van der Waals surface area contributed by atoms with Crippen LogP contribution in [0.5, 0.6) is 0 Å². The minimum atomic E-state index is 0.497. The van der Waals surface area contributed by atoms with Crippen molar-refractivity contribution in [3.63, 3.8) is 0 Å². The fourth-order valence-electron chi connectivity index (χ4n) is 2.34. The molecule has 0 aliphatic heterocycles. The van der Waals surface area contributed by atoms with E-state index < -0.39 is 0 Å². The molecule has 0 saturated heterocycles. The summed E-state index contributed by atoms with van der Waals surface area (Å²) < 4.78 is 0. The second-order valence-corrected chi connectivity index (χ2v) is 5.67. The molecule has 0 saturated carbocycles. The molecule has 106 valence electrons. The highest BCUT2D eigenvalue weighted by molar-refractivity contribution is 6.43. The maximum Gasteiger partial charge on any atom is 0.0986 e. The van der Waals surface area contributed by atoms with E-state index in [4.69, 9.17) is 23.2 Å². The lowest BCUT2D eigenvalue weighted by atomic mass is 10.1. The van der Waals surface area contributed by atoms with Gasteiger partial charge in [0.2, 0.25) is 0 Å². The molecule has 0 spiro atoms. The third kappa shape index (κ3) is 2.43. The molecule has 0 fully saturated rings.